The maximum absolute atomic E-state index is 12.5. The largest absolute Gasteiger partial charge is 0.348 e. The van der Waals surface area contributed by atoms with Crippen LogP contribution in [0.4, 0.5) is 0 Å². The second kappa shape index (κ2) is 6.18. The maximum atomic E-state index is 12.5. The fourth-order valence-electron chi connectivity index (χ4n) is 3.99. The first-order valence-electron chi connectivity index (χ1n) is 8.27. The van der Waals surface area contributed by atoms with Crippen LogP contribution in [-0.4, -0.2) is 18.0 Å². The molecule has 1 aromatic rings. The zero-order valence-corrected chi connectivity index (χ0v) is 13.1. The highest BCUT2D eigenvalue weighted by molar-refractivity contribution is 5.82. The number of carbonyl (C=O) groups excluding carboxylic acids is 1. The standard InChI is InChI=1S/C18H26N2O/c1-12-7-3-5-9-15(12)13(2)19-18(21)17-11-14-8-4-6-10-16(14)20-17/h3,5,7,9,13-14,16-17,20H,4,6,8,10-11H2,1-2H3,(H,19,21)/t13-,14?,16?,17?/m1/s1. The summed E-state index contributed by atoms with van der Waals surface area (Å²) in [6.07, 6.45) is 6.17. The van der Waals surface area contributed by atoms with Gasteiger partial charge in [0, 0.05) is 6.04 Å². The second-order valence-corrected chi connectivity index (χ2v) is 6.69. The minimum atomic E-state index is 0.00423. The number of rotatable bonds is 3. The summed E-state index contributed by atoms with van der Waals surface area (Å²) in [5.41, 5.74) is 2.44. The Morgan fingerprint density at radius 1 is 1.29 bits per heavy atom. The van der Waals surface area contributed by atoms with E-state index in [4.69, 9.17) is 0 Å². The van der Waals surface area contributed by atoms with E-state index in [0.717, 1.165) is 6.42 Å². The van der Waals surface area contributed by atoms with Gasteiger partial charge in [0.1, 0.15) is 0 Å². The first-order chi connectivity index (χ1) is 10.1. The van der Waals surface area contributed by atoms with Crippen molar-refractivity contribution in [1.29, 1.82) is 0 Å². The fourth-order valence-corrected chi connectivity index (χ4v) is 3.99. The molecule has 0 spiro atoms. The number of hydrogen-bond acceptors (Lipinski definition) is 2. The molecule has 0 bridgehead atoms. The van der Waals surface area contributed by atoms with Crippen molar-refractivity contribution in [3.05, 3.63) is 35.4 Å². The van der Waals surface area contributed by atoms with Crippen molar-refractivity contribution in [1.82, 2.24) is 10.6 Å². The smallest absolute Gasteiger partial charge is 0.237 e. The third-order valence-electron chi connectivity index (χ3n) is 5.19. The van der Waals surface area contributed by atoms with Gasteiger partial charge in [-0.2, -0.15) is 0 Å². The Morgan fingerprint density at radius 3 is 2.81 bits per heavy atom. The van der Waals surface area contributed by atoms with Crippen molar-refractivity contribution in [2.24, 2.45) is 5.92 Å². The molecule has 3 rings (SSSR count). The van der Waals surface area contributed by atoms with Gasteiger partial charge in [0.15, 0.2) is 0 Å². The monoisotopic (exact) mass is 286 g/mol. The number of fused-ring (bicyclic) bond motifs is 1. The van der Waals surface area contributed by atoms with Crippen molar-refractivity contribution in [2.45, 2.75) is 64.1 Å². The summed E-state index contributed by atoms with van der Waals surface area (Å²) in [6, 6.07) is 8.92. The van der Waals surface area contributed by atoms with Gasteiger partial charge in [-0.05, 0) is 50.2 Å². The summed E-state index contributed by atoms with van der Waals surface area (Å²) < 4.78 is 0. The third kappa shape index (κ3) is 3.13. The molecule has 1 amide bonds. The topological polar surface area (TPSA) is 41.1 Å². The fraction of sp³-hybridized carbons (Fsp3) is 0.611. The molecule has 3 nitrogen and oxygen atoms in total. The quantitative estimate of drug-likeness (QED) is 0.896. The summed E-state index contributed by atoms with van der Waals surface area (Å²) in [4.78, 5) is 12.5. The number of nitrogens with one attached hydrogen (secondary N) is 2. The Labute approximate surface area is 127 Å². The van der Waals surface area contributed by atoms with E-state index in [2.05, 4.69) is 36.6 Å². The molecule has 3 unspecified atom stereocenters. The summed E-state index contributed by atoms with van der Waals surface area (Å²) in [7, 11) is 0. The highest BCUT2D eigenvalue weighted by Gasteiger charge is 2.38. The minimum absolute atomic E-state index is 0.00423. The minimum Gasteiger partial charge on any atom is -0.348 e. The van der Waals surface area contributed by atoms with Gasteiger partial charge in [-0.15, -0.1) is 0 Å². The number of hydrogen-bond donors (Lipinski definition) is 2. The zero-order chi connectivity index (χ0) is 14.8. The van der Waals surface area contributed by atoms with Crippen molar-refractivity contribution >= 4 is 5.91 Å². The lowest BCUT2D eigenvalue weighted by Gasteiger charge is -2.24. The molecule has 1 saturated carbocycles. The van der Waals surface area contributed by atoms with E-state index in [9.17, 15) is 4.79 Å². The van der Waals surface area contributed by atoms with Gasteiger partial charge in [-0.3, -0.25) is 4.79 Å². The molecule has 0 aromatic heterocycles. The molecule has 1 aromatic carbocycles. The molecule has 2 fully saturated rings. The molecular formula is C18H26N2O. The van der Waals surface area contributed by atoms with Crippen LogP contribution in [-0.2, 0) is 4.79 Å². The normalized spacial score (nSPS) is 29.7. The Bertz CT molecular complexity index is 500. The van der Waals surface area contributed by atoms with Crippen LogP contribution in [0, 0.1) is 12.8 Å². The van der Waals surface area contributed by atoms with Crippen LogP contribution in [0.25, 0.3) is 0 Å². The second-order valence-electron chi connectivity index (χ2n) is 6.69. The summed E-state index contributed by atoms with van der Waals surface area (Å²) >= 11 is 0. The van der Waals surface area contributed by atoms with Crippen LogP contribution in [0.2, 0.25) is 0 Å². The van der Waals surface area contributed by atoms with Crippen LogP contribution in [0.5, 0.6) is 0 Å². The van der Waals surface area contributed by atoms with Crippen LogP contribution in [0.1, 0.15) is 56.2 Å². The number of benzene rings is 1. The molecule has 3 heteroatoms. The van der Waals surface area contributed by atoms with E-state index < -0.39 is 0 Å². The van der Waals surface area contributed by atoms with Gasteiger partial charge in [0.2, 0.25) is 5.91 Å². The highest BCUT2D eigenvalue weighted by Crippen LogP contribution is 2.33. The first-order valence-corrected chi connectivity index (χ1v) is 8.27. The lowest BCUT2D eigenvalue weighted by Crippen LogP contribution is -2.44. The van der Waals surface area contributed by atoms with E-state index in [0.29, 0.717) is 12.0 Å². The molecule has 2 N–H and O–H groups in total. The maximum Gasteiger partial charge on any atom is 0.237 e. The average molecular weight is 286 g/mol. The van der Waals surface area contributed by atoms with Gasteiger partial charge >= 0.3 is 0 Å². The molecule has 2 aliphatic rings. The molecule has 0 radical (unpaired) electrons. The molecule has 4 atom stereocenters. The van der Waals surface area contributed by atoms with Crippen molar-refractivity contribution < 1.29 is 4.79 Å². The SMILES string of the molecule is Cc1ccccc1[C@@H](C)NC(=O)C1CC2CCCCC2N1. The summed E-state index contributed by atoms with van der Waals surface area (Å²) in [6.45, 7) is 4.17. The van der Waals surface area contributed by atoms with E-state index in [1.54, 1.807) is 0 Å². The number of carbonyl (C=O) groups is 1. The molecular weight excluding hydrogens is 260 g/mol. The van der Waals surface area contributed by atoms with E-state index in [-0.39, 0.29) is 18.0 Å². The van der Waals surface area contributed by atoms with Gasteiger partial charge in [-0.1, -0.05) is 37.1 Å². The number of amides is 1. The van der Waals surface area contributed by atoms with Gasteiger partial charge < -0.3 is 10.6 Å². The summed E-state index contributed by atoms with van der Waals surface area (Å²) in [5, 5.41) is 6.74. The van der Waals surface area contributed by atoms with Crippen LogP contribution >= 0.6 is 0 Å². The van der Waals surface area contributed by atoms with E-state index >= 15 is 0 Å². The Hall–Kier alpha value is -1.35. The van der Waals surface area contributed by atoms with Crippen LogP contribution < -0.4 is 10.6 Å². The zero-order valence-electron chi connectivity index (χ0n) is 13.1. The van der Waals surface area contributed by atoms with Gasteiger partial charge in [0.25, 0.3) is 0 Å². The molecule has 1 heterocycles. The van der Waals surface area contributed by atoms with Crippen LogP contribution in [0.3, 0.4) is 0 Å². The predicted molar refractivity (Wildman–Crippen MR) is 85.0 cm³/mol. The number of aryl methyl sites for hydroxylation is 1. The van der Waals surface area contributed by atoms with E-state index in [1.807, 2.05) is 12.1 Å². The molecule has 1 aliphatic carbocycles. The molecule has 1 aliphatic heterocycles. The van der Waals surface area contributed by atoms with Crippen molar-refractivity contribution in [3.63, 3.8) is 0 Å². The summed E-state index contributed by atoms with van der Waals surface area (Å²) in [5.74, 6) is 0.878. The highest BCUT2D eigenvalue weighted by atomic mass is 16.2. The Balaban J connectivity index is 1.60. The molecule has 114 valence electrons. The lowest BCUT2D eigenvalue weighted by atomic mass is 9.85. The van der Waals surface area contributed by atoms with Gasteiger partial charge in [-0.25, -0.2) is 0 Å². The third-order valence-corrected chi connectivity index (χ3v) is 5.19. The Kier molecular flexibility index (Phi) is 4.29. The predicted octanol–water partition coefficient (Wildman–Crippen LogP) is 3.09. The lowest BCUT2D eigenvalue weighted by molar-refractivity contribution is -0.123. The average Bonchev–Trinajstić information content (AvgIpc) is 2.91. The van der Waals surface area contributed by atoms with Crippen molar-refractivity contribution in [2.75, 3.05) is 0 Å². The van der Waals surface area contributed by atoms with Crippen LogP contribution in [0.15, 0.2) is 24.3 Å². The van der Waals surface area contributed by atoms with Crippen molar-refractivity contribution in [3.8, 4) is 0 Å². The van der Waals surface area contributed by atoms with E-state index in [1.165, 1.54) is 36.8 Å². The van der Waals surface area contributed by atoms with Gasteiger partial charge in [0.05, 0.1) is 12.1 Å². The molecule has 1 saturated heterocycles. The molecule has 21 heavy (non-hydrogen) atoms. The first kappa shape index (κ1) is 14.6. The Morgan fingerprint density at radius 2 is 2.05 bits per heavy atom.